The monoisotopic (exact) mass is 422 g/mol. The van der Waals surface area contributed by atoms with Crippen LogP contribution in [-0.2, 0) is 0 Å². The molecule has 2 N–H and O–H groups in total. The molecule has 0 amide bonds. The summed E-state index contributed by atoms with van der Waals surface area (Å²) in [5.41, 5.74) is 0.540. The summed E-state index contributed by atoms with van der Waals surface area (Å²) in [6.07, 6.45) is 8.18. The lowest BCUT2D eigenvalue weighted by Crippen LogP contribution is -2.47. The van der Waals surface area contributed by atoms with E-state index < -0.39 is 0 Å². The van der Waals surface area contributed by atoms with Crippen molar-refractivity contribution in [3.8, 4) is 0 Å². The maximum absolute atomic E-state index is 4.37. The molecule has 1 aliphatic heterocycles. The highest BCUT2D eigenvalue weighted by Crippen LogP contribution is 2.42. The summed E-state index contributed by atoms with van der Waals surface area (Å²) in [6.45, 7) is 10.5. The van der Waals surface area contributed by atoms with Gasteiger partial charge in [-0.05, 0) is 56.5 Å². The smallest absolute Gasteiger partial charge is 0.191 e. The zero-order valence-corrected chi connectivity index (χ0v) is 17.0. The van der Waals surface area contributed by atoms with E-state index in [2.05, 4.69) is 34.4 Å². The summed E-state index contributed by atoms with van der Waals surface area (Å²) in [5.74, 6) is 1.65. The van der Waals surface area contributed by atoms with Crippen molar-refractivity contribution >= 4 is 29.9 Å². The molecule has 1 unspecified atom stereocenters. The molecular formula is C17H35IN4. The fraction of sp³-hybridized carbons (Fsp3) is 0.941. The van der Waals surface area contributed by atoms with Crippen LogP contribution < -0.4 is 10.6 Å². The first-order chi connectivity index (χ1) is 10.2. The van der Waals surface area contributed by atoms with Gasteiger partial charge in [0.15, 0.2) is 5.96 Å². The third-order valence-corrected chi connectivity index (χ3v) is 5.41. The van der Waals surface area contributed by atoms with Crippen LogP contribution in [0.1, 0.15) is 52.4 Å². The average Bonchev–Trinajstić information content (AvgIpc) is 2.94. The second-order valence-electron chi connectivity index (χ2n) is 7.13. The van der Waals surface area contributed by atoms with Crippen molar-refractivity contribution in [3.63, 3.8) is 0 Å². The van der Waals surface area contributed by atoms with Crippen LogP contribution in [-0.4, -0.2) is 50.6 Å². The van der Waals surface area contributed by atoms with E-state index in [1.165, 1.54) is 58.2 Å². The molecule has 0 aromatic heterocycles. The van der Waals surface area contributed by atoms with E-state index in [9.17, 15) is 0 Å². The van der Waals surface area contributed by atoms with Crippen molar-refractivity contribution in [2.45, 2.75) is 52.4 Å². The van der Waals surface area contributed by atoms with E-state index in [0.29, 0.717) is 11.3 Å². The molecule has 0 spiro atoms. The summed E-state index contributed by atoms with van der Waals surface area (Å²) in [4.78, 5) is 6.95. The Morgan fingerprint density at radius 2 is 1.86 bits per heavy atom. The molecule has 1 heterocycles. The summed E-state index contributed by atoms with van der Waals surface area (Å²) in [5, 5.41) is 7.04. The molecule has 0 aromatic carbocycles. The van der Waals surface area contributed by atoms with E-state index in [4.69, 9.17) is 0 Å². The number of hydrogen-bond acceptors (Lipinski definition) is 2. The van der Waals surface area contributed by atoms with Gasteiger partial charge < -0.3 is 15.5 Å². The van der Waals surface area contributed by atoms with Gasteiger partial charge in [-0.25, -0.2) is 0 Å². The largest absolute Gasteiger partial charge is 0.356 e. The van der Waals surface area contributed by atoms with Gasteiger partial charge in [-0.1, -0.05) is 20.3 Å². The van der Waals surface area contributed by atoms with Gasteiger partial charge in [0.25, 0.3) is 0 Å². The van der Waals surface area contributed by atoms with Gasteiger partial charge in [-0.3, -0.25) is 4.99 Å². The van der Waals surface area contributed by atoms with Gasteiger partial charge >= 0.3 is 0 Å². The molecule has 0 radical (unpaired) electrons. The molecular weight excluding hydrogens is 387 g/mol. The lowest BCUT2D eigenvalue weighted by Gasteiger charge is -2.41. The highest BCUT2D eigenvalue weighted by molar-refractivity contribution is 14.0. The van der Waals surface area contributed by atoms with E-state index in [1.54, 1.807) is 0 Å². The van der Waals surface area contributed by atoms with E-state index in [1.807, 2.05) is 7.05 Å². The first-order valence-corrected chi connectivity index (χ1v) is 8.84. The summed E-state index contributed by atoms with van der Waals surface area (Å²) in [7, 11) is 1.87. The highest BCUT2D eigenvalue weighted by atomic mass is 127. The Balaban J connectivity index is 0.00000242. The number of rotatable bonds is 7. The maximum atomic E-state index is 4.37. The highest BCUT2D eigenvalue weighted by Gasteiger charge is 2.34. The Bertz CT molecular complexity index is 330. The van der Waals surface area contributed by atoms with Crippen LogP contribution in [0.25, 0.3) is 0 Å². The van der Waals surface area contributed by atoms with Gasteiger partial charge in [0.2, 0.25) is 0 Å². The van der Waals surface area contributed by atoms with E-state index in [-0.39, 0.29) is 24.0 Å². The van der Waals surface area contributed by atoms with E-state index in [0.717, 1.165) is 19.0 Å². The molecule has 0 aromatic rings. The van der Waals surface area contributed by atoms with Gasteiger partial charge in [-0.2, -0.15) is 0 Å². The summed E-state index contributed by atoms with van der Waals surface area (Å²) < 4.78 is 0. The van der Waals surface area contributed by atoms with Gasteiger partial charge in [-0.15, -0.1) is 24.0 Å². The molecule has 130 valence electrons. The third-order valence-electron chi connectivity index (χ3n) is 5.41. The quantitative estimate of drug-likeness (QED) is 0.376. The molecule has 2 rings (SSSR count). The van der Waals surface area contributed by atoms with Crippen LogP contribution in [0.2, 0.25) is 0 Å². The number of nitrogens with zero attached hydrogens (tertiary/aromatic N) is 2. The SMILES string of the molecule is CCC1(CNC(=NC)NCC(C)CN2CCCC2)CCC1.I. The zero-order chi connectivity index (χ0) is 15.1. The van der Waals surface area contributed by atoms with Crippen LogP contribution in [0, 0.1) is 11.3 Å². The lowest BCUT2D eigenvalue weighted by molar-refractivity contribution is 0.131. The minimum atomic E-state index is 0. The molecule has 22 heavy (non-hydrogen) atoms. The average molecular weight is 422 g/mol. The number of hydrogen-bond donors (Lipinski definition) is 2. The Hall–Kier alpha value is -0.0400. The second kappa shape index (κ2) is 9.96. The van der Waals surface area contributed by atoms with E-state index >= 15 is 0 Å². The number of nitrogens with one attached hydrogen (secondary N) is 2. The molecule has 0 bridgehead atoms. The van der Waals surface area contributed by atoms with Crippen molar-refractivity contribution in [1.82, 2.24) is 15.5 Å². The fourth-order valence-corrected chi connectivity index (χ4v) is 3.57. The summed E-state index contributed by atoms with van der Waals surface area (Å²) in [6, 6.07) is 0. The number of halogens is 1. The molecule has 2 fully saturated rings. The number of likely N-dealkylation sites (tertiary alicyclic amines) is 1. The van der Waals surface area contributed by atoms with Crippen molar-refractivity contribution in [1.29, 1.82) is 0 Å². The second-order valence-corrected chi connectivity index (χ2v) is 7.13. The Kier molecular flexibility index (Phi) is 9.05. The minimum absolute atomic E-state index is 0. The lowest BCUT2D eigenvalue weighted by atomic mass is 9.67. The standard InChI is InChI=1S/C17H34N4.HI/c1-4-17(8-7-9-17)14-20-16(18-3)19-12-15(2)13-21-10-5-6-11-21;/h15H,4-14H2,1-3H3,(H2,18,19,20);1H. The molecule has 1 atom stereocenters. The Morgan fingerprint density at radius 3 is 2.36 bits per heavy atom. The van der Waals surface area contributed by atoms with Crippen LogP contribution in [0.5, 0.6) is 0 Å². The Labute approximate surface area is 153 Å². The van der Waals surface area contributed by atoms with Crippen LogP contribution >= 0.6 is 24.0 Å². The molecule has 1 aliphatic carbocycles. The normalized spacial score (nSPS) is 22.6. The molecule has 4 nitrogen and oxygen atoms in total. The van der Waals surface area contributed by atoms with Crippen LogP contribution in [0.15, 0.2) is 4.99 Å². The molecule has 5 heteroatoms. The topological polar surface area (TPSA) is 39.7 Å². The first kappa shape index (κ1) is 20.0. The fourth-order valence-electron chi connectivity index (χ4n) is 3.57. The molecule has 2 aliphatic rings. The van der Waals surface area contributed by atoms with Crippen molar-refractivity contribution in [3.05, 3.63) is 0 Å². The predicted octanol–water partition coefficient (Wildman–Crippen LogP) is 3.08. The van der Waals surface area contributed by atoms with Gasteiger partial charge in [0, 0.05) is 26.7 Å². The van der Waals surface area contributed by atoms with Crippen molar-refractivity contribution in [2.24, 2.45) is 16.3 Å². The first-order valence-electron chi connectivity index (χ1n) is 8.84. The van der Waals surface area contributed by atoms with Crippen molar-refractivity contribution < 1.29 is 0 Å². The number of aliphatic imine (C=N–C) groups is 1. The number of guanidine groups is 1. The maximum Gasteiger partial charge on any atom is 0.191 e. The predicted molar refractivity (Wildman–Crippen MR) is 106 cm³/mol. The molecule has 1 saturated heterocycles. The Morgan fingerprint density at radius 1 is 1.18 bits per heavy atom. The van der Waals surface area contributed by atoms with Crippen LogP contribution in [0.4, 0.5) is 0 Å². The third kappa shape index (κ3) is 5.87. The van der Waals surface area contributed by atoms with Gasteiger partial charge in [0.1, 0.15) is 0 Å². The van der Waals surface area contributed by atoms with Gasteiger partial charge in [0.05, 0.1) is 0 Å². The molecule has 1 saturated carbocycles. The summed E-state index contributed by atoms with van der Waals surface area (Å²) >= 11 is 0. The minimum Gasteiger partial charge on any atom is -0.356 e. The van der Waals surface area contributed by atoms with Crippen molar-refractivity contribution in [2.75, 3.05) is 39.8 Å². The zero-order valence-electron chi connectivity index (χ0n) is 14.7. The van der Waals surface area contributed by atoms with Crippen LogP contribution in [0.3, 0.4) is 0 Å².